The first kappa shape index (κ1) is 38.4. The molecule has 314 valence electrons. The predicted octanol–water partition coefficient (Wildman–Crippen LogP) is 16.5. The number of aromatic nitrogens is 2. The molecule has 4 heteroatoms. The summed E-state index contributed by atoms with van der Waals surface area (Å²) in [7, 11) is 0. The Bertz CT molecular complexity index is 3830. The minimum absolute atomic E-state index is 0.0499. The Morgan fingerprint density at radius 1 is 0.470 bits per heavy atom. The highest BCUT2D eigenvalue weighted by molar-refractivity contribution is 6.07. The summed E-state index contributed by atoms with van der Waals surface area (Å²) in [5.41, 5.74) is 21.0. The van der Waals surface area contributed by atoms with Crippen LogP contribution in [0.2, 0.25) is 0 Å². The van der Waals surface area contributed by atoms with E-state index in [9.17, 15) is 0 Å². The van der Waals surface area contributed by atoms with Gasteiger partial charge in [0.2, 0.25) is 0 Å². The summed E-state index contributed by atoms with van der Waals surface area (Å²) in [5.74, 6) is 0.778. The topological polar surface area (TPSA) is 52.1 Å². The number of hydrogen-bond acceptors (Lipinski definition) is 4. The molecule has 66 heavy (non-hydrogen) atoms. The quantitative estimate of drug-likeness (QED) is 0.167. The molecule has 13 rings (SSSR count). The molecular weight excluding hydrogens is 805 g/mol. The molecule has 0 radical (unpaired) electrons. The van der Waals surface area contributed by atoms with Gasteiger partial charge in [-0.25, -0.2) is 9.97 Å². The predicted molar refractivity (Wildman–Crippen MR) is 271 cm³/mol. The third-order valence-corrected chi connectivity index (χ3v) is 14.1. The van der Waals surface area contributed by atoms with E-state index in [2.05, 4.69) is 203 Å². The van der Waals surface area contributed by atoms with Crippen molar-refractivity contribution in [1.82, 2.24) is 9.97 Å². The molecule has 8 aromatic carbocycles. The number of fused-ring (bicyclic) bond motifs is 9. The highest BCUT2D eigenvalue weighted by atomic mass is 16.3. The second-order valence-corrected chi connectivity index (χ2v) is 18.6. The summed E-state index contributed by atoms with van der Waals surface area (Å²) in [6.45, 7) is 6.81. The third-order valence-electron chi connectivity index (χ3n) is 14.1. The molecule has 0 spiro atoms. The van der Waals surface area contributed by atoms with Crippen molar-refractivity contribution in [2.24, 2.45) is 0 Å². The molecular formula is C62H44N2O2. The van der Waals surface area contributed by atoms with E-state index >= 15 is 0 Å². The number of aryl methyl sites for hydroxylation is 1. The second kappa shape index (κ2) is 14.7. The largest absolute Gasteiger partial charge is 0.456 e. The number of hydrogen-bond donors (Lipinski definition) is 0. The highest BCUT2D eigenvalue weighted by Gasteiger charge is 2.35. The van der Waals surface area contributed by atoms with Gasteiger partial charge in [-0.1, -0.05) is 153 Å². The fourth-order valence-electron chi connectivity index (χ4n) is 10.6. The zero-order valence-corrected chi connectivity index (χ0v) is 37.0. The van der Waals surface area contributed by atoms with E-state index in [1.807, 2.05) is 12.1 Å². The fourth-order valence-corrected chi connectivity index (χ4v) is 10.6. The fraction of sp³-hybridized carbons (Fsp3) is 0.0968. The Labute approximate surface area is 383 Å². The smallest absolute Gasteiger partial charge is 0.156 e. The van der Waals surface area contributed by atoms with E-state index in [4.69, 9.17) is 18.8 Å². The Kier molecular flexibility index (Phi) is 8.57. The molecule has 3 aromatic heterocycles. The molecule has 0 saturated heterocycles. The second-order valence-electron chi connectivity index (χ2n) is 18.6. The van der Waals surface area contributed by atoms with E-state index in [1.54, 1.807) is 0 Å². The standard InChI is InChI=1S/C62H44N2O2/c1-37-17-26-58-50(29-37)52-34-42(24-28-60(52)66-58)45-30-44(41-23-27-59-51(33-41)49-14-8-10-16-57(49)65-59)31-46(32-45)61-63-55(39-11-5-4-6-12-39)36-56(64-61)40-20-18-38(19-21-40)43-22-25-48-47-13-7-9-15-53(47)62(2,3)54(48)35-43/h4-30,32-36,44H,31H2,1-3H3. The Hall–Kier alpha value is -8.08. The maximum Gasteiger partial charge on any atom is 0.156 e. The first-order valence-corrected chi connectivity index (χ1v) is 22.9. The van der Waals surface area contributed by atoms with Crippen molar-refractivity contribution in [1.29, 1.82) is 0 Å². The Morgan fingerprint density at radius 3 is 1.89 bits per heavy atom. The van der Waals surface area contributed by atoms with Crippen molar-refractivity contribution in [3.63, 3.8) is 0 Å². The maximum atomic E-state index is 6.32. The van der Waals surface area contributed by atoms with Crippen LogP contribution in [-0.2, 0) is 5.41 Å². The summed E-state index contributed by atoms with van der Waals surface area (Å²) in [6.07, 6.45) is 5.46. The molecule has 0 amide bonds. The molecule has 0 aliphatic heterocycles. The molecule has 2 aliphatic rings. The van der Waals surface area contributed by atoms with Crippen molar-refractivity contribution in [3.8, 4) is 44.8 Å². The van der Waals surface area contributed by atoms with Gasteiger partial charge in [0.25, 0.3) is 0 Å². The van der Waals surface area contributed by atoms with Crippen molar-refractivity contribution in [2.75, 3.05) is 0 Å². The van der Waals surface area contributed by atoms with Crippen LogP contribution in [0, 0.1) is 6.92 Å². The summed E-state index contributed by atoms with van der Waals surface area (Å²) < 4.78 is 12.6. The first-order valence-electron chi connectivity index (χ1n) is 22.9. The molecule has 0 N–H and O–H groups in total. The van der Waals surface area contributed by atoms with E-state index < -0.39 is 0 Å². The van der Waals surface area contributed by atoms with Gasteiger partial charge >= 0.3 is 0 Å². The average Bonchev–Trinajstić information content (AvgIpc) is 4.00. The molecule has 4 nitrogen and oxygen atoms in total. The number of rotatable bonds is 6. The normalized spacial score (nSPS) is 15.3. The summed E-state index contributed by atoms with van der Waals surface area (Å²) in [6, 6.07) is 65.2. The summed E-state index contributed by atoms with van der Waals surface area (Å²) >= 11 is 0. The molecule has 1 atom stereocenters. The van der Waals surface area contributed by atoms with Crippen LogP contribution < -0.4 is 0 Å². The number of allylic oxidation sites excluding steroid dienone is 4. The van der Waals surface area contributed by atoms with Crippen molar-refractivity contribution in [2.45, 2.75) is 38.5 Å². The molecule has 3 heterocycles. The van der Waals surface area contributed by atoms with Crippen LogP contribution in [0.15, 0.2) is 203 Å². The molecule has 0 saturated carbocycles. The lowest BCUT2D eigenvalue weighted by Crippen LogP contribution is -2.14. The highest BCUT2D eigenvalue weighted by Crippen LogP contribution is 2.50. The zero-order valence-electron chi connectivity index (χ0n) is 37.0. The van der Waals surface area contributed by atoms with Crippen LogP contribution in [0.4, 0.5) is 0 Å². The lowest BCUT2D eigenvalue weighted by atomic mass is 9.81. The van der Waals surface area contributed by atoms with E-state index in [-0.39, 0.29) is 11.3 Å². The number of benzene rings is 8. The van der Waals surface area contributed by atoms with Crippen molar-refractivity contribution < 1.29 is 8.83 Å². The van der Waals surface area contributed by atoms with E-state index in [0.717, 1.165) is 95.3 Å². The Morgan fingerprint density at radius 2 is 1.08 bits per heavy atom. The molecule has 11 aromatic rings. The van der Waals surface area contributed by atoms with Crippen molar-refractivity contribution in [3.05, 3.63) is 228 Å². The third kappa shape index (κ3) is 6.28. The number of para-hydroxylation sites is 1. The zero-order chi connectivity index (χ0) is 44.1. The molecule has 0 fully saturated rings. The lowest BCUT2D eigenvalue weighted by molar-refractivity contribution is 0.660. The minimum atomic E-state index is -0.0607. The van der Waals surface area contributed by atoms with E-state index in [0.29, 0.717) is 0 Å². The SMILES string of the molecule is Cc1ccc2oc3ccc(C4=CC(c5ccc6oc7ccccc7c6c5)CC(c5nc(-c6ccccc6)cc(-c6ccc(-c7ccc8c(c7)C(C)(C)c7ccccc7-8)cc6)n5)=C4)cc3c2c1. The van der Waals surface area contributed by atoms with Crippen LogP contribution in [0.25, 0.3) is 99.8 Å². The van der Waals surface area contributed by atoms with Crippen LogP contribution in [0.3, 0.4) is 0 Å². The van der Waals surface area contributed by atoms with Crippen LogP contribution in [0.1, 0.15) is 59.8 Å². The first-order chi connectivity index (χ1) is 32.3. The van der Waals surface area contributed by atoms with Crippen LogP contribution in [0.5, 0.6) is 0 Å². The van der Waals surface area contributed by atoms with Gasteiger partial charge in [0.1, 0.15) is 22.3 Å². The summed E-state index contributed by atoms with van der Waals surface area (Å²) in [4.78, 5) is 10.8. The van der Waals surface area contributed by atoms with Crippen LogP contribution >= 0.6 is 0 Å². The van der Waals surface area contributed by atoms with Gasteiger partial charge in [-0.15, -0.1) is 0 Å². The van der Waals surface area contributed by atoms with Crippen LogP contribution in [-0.4, -0.2) is 9.97 Å². The van der Waals surface area contributed by atoms with Crippen molar-refractivity contribution >= 4 is 55.0 Å². The van der Waals surface area contributed by atoms with Gasteiger partial charge < -0.3 is 8.83 Å². The van der Waals surface area contributed by atoms with Gasteiger partial charge in [0, 0.05) is 44.0 Å². The van der Waals surface area contributed by atoms with Gasteiger partial charge in [-0.3, -0.25) is 0 Å². The number of nitrogens with zero attached hydrogens (tertiary/aromatic N) is 2. The molecule has 1 unspecified atom stereocenters. The molecule has 2 aliphatic carbocycles. The molecule has 0 bridgehead atoms. The minimum Gasteiger partial charge on any atom is -0.456 e. The van der Waals surface area contributed by atoms with Gasteiger partial charge in [0.15, 0.2) is 5.82 Å². The van der Waals surface area contributed by atoms with Gasteiger partial charge in [0.05, 0.1) is 11.4 Å². The Balaban J connectivity index is 0.930. The van der Waals surface area contributed by atoms with E-state index in [1.165, 1.54) is 44.5 Å². The van der Waals surface area contributed by atoms with Gasteiger partial charge in [-0.2, -0.15) is 0 Å². The average molecular weight is 849 g/mol. The maximum absolute atomic E-state index is 6.32. The monoisotopic (exact) mass is 848 g/mol. The van der Waals surface area contributed by atoms with Gasteiger partial charge in [-0.05, 0) is 130 Å². The summed E-state index contributed by atoms with van der Waals surface area (Å²) in [5, 5.41) is 4.48. The lowest BCUT2D eigenvalue weighted by Gasteiger charge is -2.23. The number of furan rings is 2.